The molecule has 3 heterocycles. The molecule has 1 fully saturated rings. The second kappa shape index (κ2) is 7.25. The summed E-state index contributed by atoms with van der Waals surface area (Å²) in [5, 5.41) is 7.98. The summed E-state index contributed by atoms with van der Waals surface area (Å²) in [7, 11) is 2.02. The van der Waals surface area contributed by atoms with Crippen molar-refractivity contribution in [3.63, 3.8) is 0 Å². The zero-order chi connectivity index (χ0) is 17.3. The van der Waals surface area contributed by atoms with Gasteiger partial charge >= 0.3 is 0 Å². The predicted octanol–water partition coefficient (Wildman–Crippen LogP) is 2.75. The first kappa shape index (κ1) is 17.4. The van der Waals surface area contributed by atoms with Gasteiger partial charge in [-0.1, -0.05) is 0 Å². The third-order valence-corrected chi connectivity index (χ3v) is 5.65. The van der Waals surface area contributed by atoms with E-state index in [0.29, 0.717) is 24.7 Å². The lowest BCUT2D eigenvalue weighted by molar-refractivity contribution is 0.148. The molecule has 6 nitrogen and oxygen atoms in total. The number of aromatic nitrogens is 3. The molecule has 2 aromatic heterocycles. The van der Waals surface area contributed by atoms with E-state index in [0.717, 1.165) is 18.8 Å². The van der Waals surface area contributed by atoms with E-state index in [1.807, 2.05) is 26.4 Å². The van der Waals surface area contributed by atoms with Crippen LogP contribution in [-0.4, -0.2) is 57.3 Å². The van der Waals surface area contributed by atoms with Crippen molar-refractivity contribution in [2.45, 2.75) is 52.0 Å². The van der Waals surface area contributed by atoms with E-state index < -0.39 is 6.17 Å². The Balaban J connectivity index is 1.64. The van der Waals surface area contributed by atoms with Gasteiger partial charge in [-0.05, 0) is 27.3 Å². The molecule has 0 aliphatic carbocycles. The number of rotatable bonds is 6. The Hall–Kier alpha value is -1.38. The first-order valence-electron chi connectivity index (χ1n) is 8.21. The van der Waals surface area contributed by atoms with Gasteiger partial charge in [0.15, 0.2) is 0 Å². The third kappa shape index (κ3) is 3.81. The van der Waals surface area contributed by atoms with Gasteiger partial charge in [-0.2, -0.15) is 0 Å². The Morgan fingerprint density at radius 3 is 2.88 bits per heavy atom. The van der Waals surface area contributed by atoms with Crippen molar-refractivity contribution in [2.75, 3.05) is 20.1 Å². The number of likely N-dealkylation sites (N-methyl/N-ethyl adjacent to an activating group) is 1. The fraction of sp³-hybridized carbons (Fsp3) is 0.688. The highest BCUT2D eigenvalue weighted by Crippen LogP contribution is 2.27. The van der Waals surface area contributed by atoms with E-state index in [2.05, 4.69) is 25.0 Å². The lowest BCUT2D eigenvalue weighted by Crippen LogP contribution is -2.39. The first-order valence-corrected chi connectivity index (χ1v) is 9.09. The zero-order valence-corrected chi connectivity index (χ0v) is 15.4. The number of hydrogen-bond acceptors (Lipinski definition) is 7. The monoisotopic (exact) mass is 353 g/mol. The van der Waals surface area contributed by atoms with Crippen LogP contribution in [0.5, 0.6) is 0 Å². The molecule has 0 spiro atoms. The third-order valence-electron chi connectivity index (χ3n) is 4.73. The second-order valence-electron chi connectivity index (χ2n) is 6.55. The summed E-state index contributed by atoms with van der Waals surface area (Å²) in [6.07, 6.45) is -0.199. The number of aryl methyl sites for hydroxylation is 2. The van der Waals surface area contributed by atoms with Crippen LogP contribution in [0, 0.1) is 13.8 Å². The minimum atomic E-state index is -0.766. The van der Waals surface area contributed by atoms with Crippen molar-refractivity contribution in [2.24, 2.45) is 0 Å². The normalized spacial score (nSPS) is 23.2. The number of hydrogen-bond donors (Lipinski definition) is 0. The Labute approximate surface area is 145 Å². The summed E-state index contributed by atoms with van der Waals surface area (Å²) in [4.78, 5) is 9.90. The molecule has 8 heteroatoms. The second-order valence-corrected chi connectivity index (χ2v) is 7.49. The average Bonchev–Trinajstić information content (AvgIpc) is 3.22. The van der Waals surface area contributed by atoms with Crippen LogP contribution in [-0.2, 0) is 6.54 Å². The van der Waals surface area contributed by atoms with Gasteiger partial charge in [-0.15, -0.1) is 21.5 Å². The van der Waals surface area contributed by atoms with Gasteiger partial charge < -0.3 is 4.42 Å². The molecule has 1 saturated heterocycles. The highest BCUT2D eigenvalue weighted by molar-refractivity contribution is 7.09. The molecule has 3 atom stereocenters. The largest absolute Gasteiger partial charge is 0.424 e. The topological polar surface area (TPSA) is 58.3 Å². The number of nitrogens with zero attached hydrogens (tertiary/aromatic N) is 5. The van der Waals surface area contributed by atoms with Gasteiger partial charge in [0.2, 0.25) is 11.8 Å². The molecule has 132 valence electrons. The molecule has 2 aromatic rings. The number of likely N-dealkylation sites (tertiary alicyclic amines) is 1. The SMILES string of the molecule is Cc1nnc(C(C)N(C)C[C@@H]2C[C@H](F)CN2Cc2scnc2C)o1. The van der Waals surface area contributed by atoms with Gasteiger partial charge in [-0.25, -0.2) is 9.37 Å². The summed E-state index contributed by atoms with van der Waals surface area (Å²) < 4.78 is 19.5. The van der Waals surface area contributed by atoms with Crippen LogP contribution in [0.25, 0.3) is 0 Å². The maximum Gasteiger partial charge on any atom is 0.233 e. The zero-order valence-electron chi connectivity index (χ0n) is 14.6. The summed E-state index contributed by atoms with van der Waals surface area (Å²) in [5.74, 6) is 1.17. The van der Waals surface area contributed by atoms with Crippen molar-refractivity contribution in [1.82, 2.24) is 25.0 Å². The molecule has 0 saturated carbocycles. The molecule has 3 rings (SSSR count). The van der Waals surface area contributed by atoms with Gasteiger partial charge in [0.25, 0.3) is 0 Å². The van der Waals surface area contributed by atoms with E-state index in [1.54, 1.807) is 18.3 Å². The highest BCUT2D eigenvalue weighted by Gasteiger charge is 2.34. The Kier molecular flexibility index (Phi) is 5.27. The molecule has 24 heavy (non-hydrogen) atoms. The van der Waals surface area contributed by atoms with Crippen molar-refractivity contribution in [3.8, 4) is 0 Å². The maximum atomic E-state index is 14.0. The van der Waals surface area contributed by atoms with Crippen LogP contribution in [0.1, 0.15) is 41.7 Å². The molecule has 1 aliphatic rings. The smallest absolute Gasteiger partial charge is 0.233 e. The number of halogens is 1. The standard InChI is InChI=1S/C16H24FN5OS/c1-10-15(24-9-18-10)8-22-6-13(17)5-14(22)7-21(4)11(2)16-20-19-12(3)23-16/h9,11,13-14H,5-8H2,1-4H3/t11?,13-,14-/m0/s1. The minimum Gasteiger partial charge on any atom is -0.424 e. The predicted molar refractivity (Wildman–Crippen MR) is 90.6 cm³/mol. The van der Waals surface area contributed by atoms with Crippen molar-refractivity contribution < 1.29 is 8.81 Å². The maximum absolute atomic E-state index is 14.0. The Bertz CT molecular complexity index is 675. The molecular weight excluding hydrogens is 329 g/mol. The lowest BCUT2D eigenvalue weighted by Gasteiger charge is -2.30. The molecule has 0 amide bonds. The van der Waals surface area contributed by atoms with E-state index in [9.17, 15) is 4.39 Å². The van der Waals surface area contributed by atoms with Gasteiger partial charge in [0, 0.05) is 37.5 Å². The highest BCUT2D eigenvalue weighted by atomic mass is 32.1. The summed E-state index contributed by atoms with van der Waals surface area (Å²) in [6, 6.07) is 0.190. The Morgan fingerprint density at radius 1 is 1.46 bits per heavy atom. The molecule has 0 N–H and O–H groups in total. The molecule has 0 aromatic carbocycles. The molecular formula is C16H24FN5OS. The van der Waals surface area contributed by atoms with E-state index >= 15 is 0 Å². The lowest BCUT2D eigenvalue weighted by atomic mass is 10.1. The number of thiazole rings is 1. The van der Waals surface area contributed by atoms with Crippen LogP contribution in [0.2, 0.25) is 0 Å². The van der Waals surface area contributed by atoms with Crippen LogP contribution in [0.15, 0.2) is 9.93 Å². The van der Waals surface area contributed by atoms with Crippen LogP contribution in [0.4, 0.5) is 4.39 Å². The van der Waals surface area contributed by atoms with Crippen molar-refractivity contribution >= 4 is 11.3 Å². The van der Waals surface area contributed by atoms with Gasteiger partial charge in [-0.3, -0.25) is 9.80 Å². The van der Waals surface area contributed by atoms with Crippen molar-refractivity contribution in [1.29, 1.82) is 0 Å². The molecule has 0 bridgehead atoms. The summed E-state index contributed by atoms with van der Waals surface area (Å²) >= 11 is 1.64. The minimum absolute atomic E-state index is 0.0110. The fourth-order valence-electron chi connectivity index (χ4n) is 3.13. The average molecular weight is 353 g/mol. The molecule has 1 aliphatic heterocycles. The summed E-state index contributed by atoms with van der Waals surface area (Å²) in [5.41, 5.74) is 2.90. The molecule has 1 unspecified atom stereocenters. The number of alkyl halides is 1. The van der Waals surface area contributed by atoms with E-state index in [4.69, 9.17) is 4.42 Å². The Morgan fingerprint density at radius 2 is 2.25 bits per heavy atom. The quantitative estimate of drug-likeness (QED) is 0.796. The van der Waals surface area contributed by atoms with Crippen LogP contribution < -0.4 is 0 Å². The van der Waals surface area contributed by atoms with Gasteiger partial charge in [0.05, 0.1) is 17.2 Å². The van der Waals surface area contributed by atoms with Crippen LogP contribution >= 0.6 is 11.3 Å². The first-order chi connectivity index (χ1) is 11.4. The fourth-order valence-corrected chi connectivity index (χ4v) is 3.93. The van der Waals surface area contributed by atoms with E-state index in [-0.39, 0.29) is 12.1 Å². The van der Waals surface area contributed by atoms with Gasteiger partial charge in [0.1, 0.15) is 6.17 Å². The summed E-state index contributed by atoms with van der Waals surface area (Å²) in [6.45, 7) is 7.85. The van der Waals surface area contributed by atoms with E-state index in [1.165, 1.54) is 4.88 Å². The van der Waals surface area contributed by atoms with Crippen molar-refractivity contribution in [3.05, 3.63) is 27.9 Å². The molecule has 0 radical (unpaired) electrons. The van der Waals surface area contributed by atoms with Crippen LogP contribution in [0.3, 0.4) is 0 Å².